The summed E-state index contributed by atoms with van der Waals surface area (Å²) >= 11 is 0. The summed E-state index contributed by atoms with van der Waals surface area (Å²) < 4.78 is 5.66. The van der Waals surface area contributed by atoms with Crippen LogP contribution in [0.4, 0.5) is 0 Å². The zero-order chi connectivity index (χ0) is 16.7. The first kappa shape index (κ1) is 17.1. The van der Waals surface area contributed by atoms with E-state index in [1.54, 1.807) is 0 Å². The SMILES string of the molecule is CC(C)(C)c1ccc(OCCNC(=O)Cc2ccccc2)cc1. The molecule has 2 rings (SSSR count). The van der Waals surface area contributed by atoms with Gasteiger partial charge in [-0.3, -0.25) is 4.79 Å². The number of carbonyl (C=O) groups excluding carboxylic acids is 1. The van der Waals surface area contributed by atoms with E-state index < -0.39 is 0 Å². The smallest absolute Gasteiger partial charge is 0.224 e. The van der Waals surface area contributed by atoms with Crippen molar-refractivity contribution in [1.29, 1.82) is 0 Å². The summed E-state index contributed by atoms with van der Waals surface area (Å²) in [6, 6.07) is 17.9. The van der Waals surface area contributed by atoms with Crippen molar-refractivity contribution in [2.75, 3.05) is 13.2 Å². The first-order valence-corrected chi connectivity index (χ1v) is 7.99. The maximum Gasteiger partial charge on any atom is 0.224 e. The second kappa shape index (κ2) is 7.82. The Morgan fingerprint density at radius 2 is 1.65 bits per heavy atom. The van der Waals surface area contributed by atoms with E-state index in [1.807, 2.05) is 42.5 Å². The van der Waals surface area contributed by atoms with Gasteiger partial charge in [-0.2, -0.15) is 0 Å². The van der Waals surface area contributed by atoms with E-state index >= 15 is 0 Å². The first-order chi connectivity index (χ1) is 10.9. The van der Waals surface area contributed by atoms with Gasteiger partial charge in [0.1, 0.15) is 12.4 Å². The van der Waals surface area contributed by atoms with Crippen molar-refractivity contribution in [2.24, 2.45) is 0 Å². The molecule has 3 heteroatoms. The van der Waals surface area contributed by atoms with Gasteiger partial charge in [0.25, 0.3) is 0 Å². The number of carbonyl (C=O) groups is 1. The second-order valence-electron chi connectivity index (χ2n) is 6.64. The molecule has 0 atom stereocenters. The predicted octanol–water partition coefficient (Wildman–Crippen LogP) is 3.72. The maximum atomic E-state index is 11.8. The molecule has 0 heterocycles. The van der Waals surface area contributed by atoms with E-state index in [0.29, 0.717) is 19.6 Å². The molecule has 23 heavy (non-hydrogen) atoms. The second-order valence-corrected chi connectivity index (χ2v) is 6.64. The average Bonchev–Trinajstić information content (AvgIpc) is 2.52. The third-order valence-electron chi connectivity index (χ3n) is 3.62. The fourth-order valence-electron chi connectivity index (χ4n) is 2.25. The highest BCUT2D eigenvalue weighted by molar-refractivity contribution is 5.78. The normalized spacial score (nSPS) is 11.1. The number of hydrogen-bond acceptors (Lipinski definition) is 2. The summed E-state index contributed by atoms with van der Waals surface area (Å²) in [6.07, 6.45) is 0.404. The van der Waals surface area contributed by atoms with Crippen molar-refractivity contribution in [3.63, 3.8) is 0 Å². The third-order valence-corrected chi connectivity index (χ3v) is 3.62. The topological polar surface area (TPSA) is 38.3 Å². The van der Waals surface area contributed by atoms with Crippen LogP contribution in [0.25, 0.3) is 0 Å². The quantitative estimate of drug-likeness (QED) is 0.826. The van der Waals surface area contributed by atoms with Crippen molar-refractivity contribution in [3.05, 3.63) is 65.7 Å². The number of amides is 1. The molecule has 0 fully saturated rings. The standard InChI is InChI=1S/C20H25NO2/c1-20(2,3)17-9-11-18(12-10-17)23-14-13-21-19(22)15-16-7-5-4-6-8-16/h4-12H,13-15H2,1-3H3,(H,21,22). The van der Waals surface area contributed by atoms with Crippen LogP contribution in [0.2, 0.25) is 0 Å². The molecule has 1 amide bonds. The van der Waals surface area contributed by atoms with Gasteiger partial charge in [0, 0.05) is 0 Å². The van der Waals surface area contributed by atoms with Crippen LogP contribution in [0, 0.1) is 0 Å². The molecule has 0 radical (unpaired) electrons. The van der Waals surface area contributed by atoms with Crippen LogP contribution < -0.4 is 10.1 Å². The molecular formula is C20H25NO2. The Balaban J connectivity index is 1.70. The Kier molecular flexibility index (Phi) is 5.80. The van der Waals surface area contributed by atoms with Crippen LogP contribution >= 0.6 is 0 Å². The number of rotatable bonds is 6. The highest BCUT2D eigenvalue weighted by Crippen LogP contribution is 2.24. The Labute approximate surface area is 138 Å². The van der Waals surface area contributed by atoms with Crippen molar-refractivity contribution in [2.45, 2.75) is 32.6 Å². The van der Waals surface area contributed by atoms with E-state index in [2.05, 4.69) is 38.2 Å². The summed E-state index contributed by atoms with van der Waals surface area (Å²) in [5.74, 6) is 0.846. The zero-order valence-corrected chi connectivity index (χ0v) is 14.1. The lowest BCUT2D eigenvalue weighted by Gasteiger charge is -2.19. The van der Waals surface area contributed by atoms with Gasteiger partial charge in [-0.05, 0) is 28.7 Å². The Bertz CT molecular complexity index is 612. The molecular weight excluding hydrogens is 286 g/mol. The fraction of sp³-hybridized carbons (Fsp3) is 0.350. The van der Waals surface area contributed by atoms with Gasteiger partial charge in [-0.25, -0.2) is 0 Å². The van der Waals surface area contributed by atoms with Crippen molar-refractivity contribution in [3.8, 4) is 5.75 Å². The summed E-state index contributed by atoms with van der Waals surface area (Å²) in [5.41, 5.74) is 2.44. The Morgan fingerprint density at radius 1 is 1.00 bits per heavy atom. The van der Waals surface area contributed by atoms with Crippen LogP contribution in [-0.4, -0.2) is 19.1 Å². The van der Waals surface area contributed by atoms with Crippen LogP contribution in [0.1, 0.15) is 31.9 Å². The molecule has 2 aromatic carbocycles. The van der Waals surface area contributed by atoms with Gasteiger partial charge < -0.3 is 10.1 Å². The van der Waals surface area contributed by atoms with E-state index in [0.717, 1.165) is 11.3 Å². The summed E-state index contributed by atoms with van der Waals surface area (Å²) in [6.45, 7) is 7.53. The monoisotopic (exact) mass is 311 g/mol. The number of ether oxygens (including phenoxy) is 1. The van der Waals surface area contributed by atoms with E-state index in [9.17, 15) is 4.79 Å². The van der Waals surface area contributed by atoms with E-state index in [-0.39, 0.29) is 11.3 Å². The van der Waals surface area contributed by atoms with Crippen LogP contribution in [-0.2, 0) is 16.6 Å². The summed E-state index contributed by atoms with van der Waals surface area (Å²) in [5, 5.41) is 2.87. The summed E-state index contributed by atoms with van der Waals surface area (Å²) in [7, 11) is 0. The minimum atomic E-state index is 0.0166. The molecule has 122 valence electrons. The molecule has 0 saturated heterocycles. The minimum Gasteiger partial charge on any atom is -0.492 e. The highest BCUT2D eigenvalue weighted by atomic mass is 16.5. The molecule has 1 N–H and O–H groups in total. The summed E-state index contributed by atoms with van der Waals surface area (Å²) in [4.78, 5) is 11.8. The third kappa shape index (κ3) is 5.78. The Morgan fingerprint density at radius 3 is 2.26 bits per heavy atom. The van der Waals surface area contributed by atoms with Crippen LogP contribution in [0.5, 0.6) is 5.75 Å². The van der Waals surface area contributed by atoms with Gasteiger partial charge in [0.05, 0.1) is 13.0 Å². The van der Waals surface area contributed by atoms with E-state index in [4.69, 9.17) is 4.74 Å². The molecule has 3 nitrogen and oxygen atoms in total. The molecule has 0 saturated carbocycles. The molecule has 0 bridgehead atoms. The lowest BCUT2D eigenvalue weighted by Crippen LogP contribution is -2.29. The maximum absolute atomic E-state index is 11.8. The molecule has 0 aromatic heterocycles. The molecule has 0 unspecified atom stereocenters. The molecule has 0 spiro atoms. The van der Waals surface area contributed by atoms with Crippen LogP contribution in [0.15, 0.2) is 54.6 Å². The van der Waals surface area contributed by atoms with E-state index in [1.165, 1.54) is 5.56 Å². The molecule has 0 aliphatic carbocycles. The zero-order valence-electron chi connectivity index (χ0n) is 14.1. The van der Waals surface area contributed by atoms with Crippen molar-refractivity contribution >= 4 is 5.91 Å². The lowest BCUT2D eigenvalue weighted by molar-refractivity contribution is -0.120. The van der Waals surface area contributed by atoms with Gasteiger partial charge in [0.2, 0.25) is 5.91 Å². The lowest BCUT2D eigenvalue weighted by atomic mass is 9.87. The Hall–Kier alpha value is -2.29. The van der Waals surface area contributed by atoms with Crippen LogP contribution in [0.3, 0.4) is 0 Å². The number of nitrogens with one attached hydrogen (secondary N) is 1. The van der Waals surface area contributed by atoms with Crippen molar-refractivity contribution < 1.29 is 9.53 Å². The molecule has 0 aliphatic rings. The minimum absolute atomic E-state index is 0.0166. The van der Waals surface area contributed by atoms with Gasteiger partial charge in [-0.15, -0.1) is 0 Å². The number of hydrogen-bond donors (Lipinski definition) is 1. The highest BCUT2D eigenvalue weighted by Gasteiger charge is 2.12. The van der Waals surface area contributed by atoms with Gasteiger partial charge in [-0.1, -0.05) is 63.2 Å². The molecule has 2 aromatic rings. The first-order valence-electron chi connectivity index (χ1n) is 7.99. The van der Waals surface area contributed by atoms with Gasteiger partial charge in [0.15, 0.2) is 0 Å². The average molecular weight is 311 g/mol. The largest absolute Gasteiger partial charge is 0.492 e. The van der Waals surface area contributed by atoms with Gasteiger partial charge >= 0.3 is 0 Å². The number of benzene rings is 2. The predicted molar refractivity (Wildman–Crippen MR) is 93.8 cm³/mol. The molecule has 0 aliphatic heterocycles. The van der Waals surface area contributed by atoms with Crippen molar-refractivity contribution in [1.82, 2.24) is 5.32 Å². The fourth-order valence-corrected chi connectivity index (χ4v) is 2.25.